The summed E-state index contributed by atoms with van der Waals surface area (Å²) in [6.07, 6.45) is 0. The van der Waals surface area contributed by atoms with Crippen molar-refractivity contribution in [2.45, 2.75) is 19.9 Å². The quantitative estimate of drug-likeness (QED) is 0.883. The van der Waals surface area contributed by atoms with Gasteiger partial charge in [-0.1, -0.05) is 36.8 Å². The Morgan fingerprint density at radius 3 is 2.68 bits per heavy atom. The van der Waals surface area contributed by atoms with Crippen molar-refractivity contribution in [2.75, 3.05) is 26.8 Å². The Bertz CT molecular complexity index is 468. The molecule has 0 radical (unpaired) electrons. The smallest absolute Gasteiger partial charge is 0.325 e. The van der Waals surface area contributed by atoms with E-state index < -0.39 is 12.0 Å². The highest BCUT2D eigenvalue weighted by molar-refractivity contribution is 5.75. The molecule has 2 rings (SSSR count). The van der Waals surface area contributed by atoms with E-state index >= 15 is 0 Å². The molecule has 1 heterocycles. The molecule has 1 aliphatic heterocycles. The van der Waals surface area contributed by atoms with Crippen molar-refractivity contribution in [2.24, 2.45) is 5.41 Å². The van der Waals surface area contributed by atoms with Crippen molar-refractivity contribution in [3.05, 3.63) is 35.4 Å². The maximum atomic E-state index is 11.6. The number of ether oxygens (including phenoxy) is 1. The summed E-state index contributed by atoms with van der Waals surface area (Å²) in [4.78, 5) is 13.5. The van der Waals surface area contributed by atoms with Gasteiger partial charge in [-0.15, -0.1) is 0 Å². The Balaban J connectivity index is 2.17. The van der Waals surface area contributed by atoms with E-state index in [9.17, 15) is 9.90 Å². The molecule has 1 unspecified atom stereocenters. The Labute approximate surface area is 114 Å². The van der Waals surface area contributed by atoms with Gasteiger partial charge >= 0.3 is 5.97 Å². The molecule has 0 aliphatic carbocycles. The minimum atomic E-state index is -0.808. The van der Waals surface area contributed by atoms with Crippen LogP contribution in [0.15, 0.2) is 24.3 Å². The molecule has 4 nitrogen and oxygen atoms in total. The van der Waals surface area contributed by atoms with Crippen LogP contribution in [0.1, 0.15) is 24.1 Å². The van der Waals surface area contributed by atoms with Crippen LogP contribution >= 0.6 is 0 Å². The summed E-state index contributed by atoms with van der Waals surface area (Å²) in [6.45, 7) is 6.23. The van der Waals surface area contributed by atoms with Crippen LogP contribution in [-0.2, 0) is 9.53 Å². The summed E-state index contributed by atoms with van der Waals surface area (Å²) in [5.74, 6) is -0.808. The number of hydrogen-bond acceptors (Lipinski definition) is 3. The number of nitrogens with zero attached hydrogens (tertiary/aromatic N) is 1. The van der Waals surface area contributed by atoms with E-state index in [0.29, 0.717) is 13.2 Å². The SMILES string of the molecule is Cc1cccc(C(C(=O)O)N(C)CC2(C)COC2)c1. The molecule has 1 fully saturated rings. The number of carboxylic acid groups (broad SMARTS) is 1. The molecule has 0 amide bonds. The highest BCUT2D eigenvalue weighted by Gasteiger charge is 2.37. The number of benzene rings is 1. The number of rotatable bonds is 5. The third-order valence-corrected chi connectivity index (χ3v) is 3.56. The minimum absolute atomic E-state index is 0.0757. The topological polar surface area (TPSA) is 49.8 Å². The van der Waals surface area contributed by atoms with Crippen LogP contribution in [0.3, 0.4) is 0 Å². The molecule has 19 heavy (non-hydrogen) atoms. The fourth-order valence-corrected chi connectivity index (χ4v) is 2.66. The van der Waals surface area contributed by atoms with Gasteiger partial charge in [-0.25, -0.2) is 0 Å². The van der Waals surface area contributed by atoms with E-state index in [-0.39, 0.29) is 5.41 Å². The van der Waals surface area contributed by atoms with E-state index in [1.54, 1.807) is 0 Å². The highest BCUT2D eigenvalue weighted by Crippen LogP contribution is 2.31. The standard InChI is InChI=1S/C15H21NO3/c1-11-5-4-6-12(7-11)13(14(17)18)16(3)8-15(2)9-19-10-15/h4-7,13H,8-10H2,1-3H3,(H,17,18). The second-order valence-electron chi connectivity index (χ2n) is 5.87. The van der Waals surface area contributed by atoms with Crippen LogP contribution in [0.4, 0.5) is 0 Å². The molecule has 0 saturated carbocycles. The van der Waals surface area contributed by atoms with E-state index in [1.165, 1.54) is 0 Å². The zero-order valence-electron chi connectivity index (χ0n) is 11.7. The van der Waals surface area contributed by atoms with Crippen LogP contribution in [0.25, 0.3) is 0 Å². The molecule has 4 heteroatoms. The molecule has 1 saturated heterocycles. The lowest BCUT2D eigenvalue weighted by Gasteiger charge is -2.42. The van der Waals surface area contributed by atoms with Crippen molar-refractivity contribution < 1.29 is 14.6 Å². The predicted octanol–water partition coefficient (Wildman–Crippen LogP) is 2.09. The number of carboxylic acids is 1. The number of likely N-dealkylation sites (N-methyl/N-ethyl adjacent to an activating group) is 1. The summed E-state index contributed by atoms with van der Waals surface area (Å²) in [5.41, 5.74) is 1.99. The van der Waals surface area contributed by atoms with Gasteiger partial charge in [-0.3, -0.25) is 9.69 Å². The van der Waals surface area contributed by atoms with E-state index in [4.69, 9.17) is 4.74 Å². The summed E-state index contributed by atoms with van der Waals surface area (Å²) in [6, 6.07) is 7.10. The lowest BCUT2D eigenvalue weighted by atomic mass is 9.87. The van der Waals surface area contributed by atoms with Gasteiger partial charge in [0.05, 0.1) is 13.2 Å². The van der Waals surface area contributed by atoms with Crippen LogP contribution in [0.2, 0.25) is 0 Å². The number of aryl methyl sites for hydroxylation is 1. The van der Waals surface area contributed by atoms with E-state index in [1.807, 2.05) is 43.1 Å². The summed E-state index contributed by atoms with van der Waals surface area (Å²) >= 11 is 0. The minimum Gasteiger partial charge on any atom is -0.480 e. The average molecular weight is 263 g/mol. The molecule has 0 aromatic heterocycles. The first-order valence-electron chi connectivity index (χ1n) is 6.49. The fraction of sp³-hybridized carbons (Fsp3) is 0.533. The number of carbonyl (C=O) groups is 1. The molecule has 1 atom stereocenters. The van der Waals surface area contributed by atoms with Crippen LogP contribution < -0.4 is 0 Å². The Morgan fingerprint density at radius 1 is 1.53 bits per heavy atom. The molecule has 104 valence electrons. The molecule has 0 spiro atoms. The first-order chi connectivity index (χ1) is 8.91. The largest absolute Gasteiger partial charge is 0.480 e. The number of hydrogen-bond donors (Lipinski definition) is 1. The van der Waals surface area contributed by atoms with Gasteiger partial charge < -0.3 is 9.84 Å². The van der Waals surface area contributed by atoms with Gasteiger partial charge in [0, 0.05) is 12.0 Å². The summed E-state index contributed by atoms with van der Waals surface area (Å²) < 4.78 is 5.23. The van der Waals surface area contributed by atoms with Crippen molar-refractivity contribution in [1.29, 1.82) is 0 Å². The Hall–Kier alpha value is -1.39. The van der Waals surface area contributed by atoms with Gasteiger partial charge in [0.2, 0.25) is 0 Å². The lowest BCUT2D eigenvalue weighted by Crippen LogP contribution is -2.49. The second-order valence-corrected chi connectivity index (χ2v) is 5.87. The van der Waals surface area contributed by atoms with Crippen molar-refractivity contribution >= 4 is 5.97 Å². The fourth-order valence-electron chi connectivity index (χ4n) is 2.66. The van der Waals surface area contributed by atoms with Gasteiger partial charge in [0.25, 0.3) is 0 Å². The average Bonchev–Trinajstić information content (AvgIpc) is 2.26. The van der Waals surface area contributed by atoms with E-state index in [0.717, 1.165) is 17.7 Å². The Kier molecular flexibility index (Phi) is 3.92. The molecule has 1 aromatic carbocycles. The van der Waals surface area contributed by atoms with Gasteiger partial charge in [0.1, 0.15) is 6.04 Å². The molecular formula is C15H21NO3. The van der Waals surface area contributed by atoms with Crippen molar-refractivity contribution in [1.82, 2.24) is 4.90 Å². The zero-order valence-corrected chi connectivity index (χ0v) is 11.7. The number of aliphatic carboxylic acids is 1. The summed E-state index contributed by atoms with van der Waals surface area (Å²) in [7, 11) is 1.87. The second kappa shape index (κ2) is 5.31. The predicted molar refractivity (Wildman–Crippen MR) is 73.1 cm³/mol. The van der Waals surface area contributed by atoms with Crippen LogP contribution in [-0.4, -0.2) is 42.8 Å². The monoisotopic (exact) mass is 263 g/mol. The first kappa shape index (κ1) is 14.0. The van der Waals surface area contributed by atoms with Crippen LogP contribution in [0.5, 0.6) is 0 Å². The first-order valence-corrected chi connectivity index (χ1v) is 6.49. The zero-order chi connectivity index (χ0) is 14.0. The van der Waals surface area contributed by atoms with Gasteiger partial charge in [-0.05, 0) is 19.5 Å². The normalized spacial score (nSPS) is 18.9. The van der Waals surface area contributed by atoms with Gasteiger partial charge in [0.15, 0.2) is 0 Å². The lowest BCUT2D eigenvalue weighted by molar-refractivity contribution is -0.148. The van der Waals surface area contributed by atoms with Crippen LogP contribution in [0, 0.1) is 12.3 Å². The molecule has 1 aliphatic rings. The third kappa shape index (κ3) is 3.14. The molecule has 0 bridgehead atoms. The summed E-state index contributed by atoms with van der Waals surface area (Å²) in [5, 5.41) is 9.50. The third-order valence-electron chi connectivity index (χ3n) is 3.56. The van der Waals surface area contributed by atoms with Crippen molar-refractivity contribution in [3.63, 3.8) is 0 Å². The maximum absolute atomic E-state index is 11.6. The maximum Gasteiger partial charge on any atom is 0.325 e. The van der Waals surface area contributed by atoms with Gasteiger partial charge in [-0.2, -0.15) is 0 Å². The molecular weight excluding hydrogens is 242 g/mol. The molecule has 1 aromatic rings. The Morgan fingerprint density at radius 2 is 2.21 bits per heavy atom. The molecule has 1 N–H and O–H groups in total. The van der Waals surface area contributed by atoms with E-state index in [2.05, 4.69) is 6.92 Å². The highest BCUT2D eigenvalue weighted by atomic mass is 16.5. The van der Waals surface area contributed by atoms with Crippen molar-refractivity contribution in [3.8, 4) is 0 Å².